The summed E-state index contributed by atoms with van der Waals surface area (Å²) in [5, 5.41) is 3.22. The van der Waals surface area contributed by atoms with E-state index < -0.39 is 11.6 Å². The maximum absolute atomic E-state index is 13.0. The van der Waals surface area contributed by atoms with Crippen LogP contribution in [0, 0.1) is 0 Å². The maximum atomic E-state index is 13.0. The van der Waals surface area contributed by atoms with Crippen LogP contribution in [0.4, 0.5) is 10.6 Å². The first-order chi connectivity index (χ1) is 16.4. The number of nitrogens with one attached hydrogen (secondary N) is 1. The Morgan fingerprint density at radius 3 is 2.56 bits per heavy atom. The van der Waals surface area contributed by atoms with Gasteiger partial charge in [0.2, 0.25) is 5.91 Å². The number of benzene rings is 1. The van der Waals surface area contributed by atoms with E-state index in [1.165, 1.54) is 11.8 Å². The first kappa shape index (κ1) is 22.8. The number of alkyl carbamates (subject to hydrolysis) is 1. The van der Waals surface area contributed by atoms with Crippen LogP contribution in [0.5, 0.6) is 0 Å². The van der Waals surface area contributed by atoms with Gasteiger partial charge < -0.3 is 24.8 Å². The number of hydrogen-bond acceptors (Lipinski definition) is 7. The molecule has 9 nitrogen and oxygen atoms in total. The molecule has 3 saturated heterocycles. The molecule has 0 unspecified atom stereocenters. The average Bonchev–Trinajstić information content (AvgIpc) is 3.24. The van der Waals surface area contributed by atoms with Crippen molar-refractivity contribution in [1.29, 1.82) is 0 Å². The van der Waals surface area contributed by atoms with Gasteiger partial charge in [0.15, 0.2) is 0 Å². The number of cyclic esters (lactones) is 1. The number of nitrogens with zero attached hydrogens (tertiary/aromatic N) is 4. The first-order valence-corrected chi connectivity index (χ1v) is 12.4. The molecule has 0 atom stereocenters. The van der Waals surface area contributed by atoms with Gasteiger partial charge in [0.25, 0.3) is 5.91 Å². The van der Waals surface area contributed by atoms with Crippen molar-refractivity contribution >= 4 is 47.1 Å². The number of ether oxygens (including phenoxy) is 1. The summed E-state index contributed by atoms with van der Waals surface area (Å²) in [6, 6.07) is 11.0. The van der Waals surface area contributed by atoms with E-state index in [0.717, 1.165) is 23.8 Å². The fraction of sp³-hybridized carbons (Fsp3) is 0.391. The highest BCUT2D eigenvalue weighted by atomic mass is 35.5. The van der Waals surface area contributed by atoms with Crippen molar-refractivity contribution in [2.75, 3.05) is 56.5 Å². The Bertz CT molecular complexity index is 1100. The van der Waals surface area contributed by atoms with Crippen molar-refractivity contribution < 1.29 is 19.1 Å². The molecule has 0 radical (unpaired) electrons. The predicted octanol–water partition coefficient (Wildman–Crippen LogP) is 2.11. The molecule has 1 N–H and O–H groups in total. The quantitative estimate of drug-likeness (QED) is 0.627. The predicted molar refractivity (Wildman–Crippen MR) is 128 cm³/mol. The van der Waals surface area contributed by atoms with Crippen LogP contribution in [0.3, 0.4) is 0 Å². The smallest absolute Gasteiger partial charge is 0.407 e. The van der Waals surface area contributed by atoms with Crippen molar-refractivity contribution in [3.8, 4) is 0 Å². The number of piperazine rings is 1. The topological polar surface area (TPSA) is 95.1 Å². The van der Waals surface area contributed by atoms with E-state index in [2.05, 4.69) is 15.2 Å². The summed E-state index contributed by atoms with van der Waals surface area (Å²) in [5.41, 5.74) is 0.105. The molecular formula is C23H24ClN5O4S. The van der Waals surface area contributed by atoms with E-state index in [9.17, 15) is 14.4 Å². The summed E-state index contributed by atoms with van der Waals surface area (Å²) in [4.78, 5) is 47.5. The number of amides is 3. The molecule has 0 bridgehead atoms. The number of likely N-dealkylation sites (tertiary alicyclic amines) is 1. The number of hydrogen-bond donors (Lipinski definition) is 1. The van der Waals surface area contributed by atoms with Gasteiger partial charge in [-0.15, -0.1) is 11.8 Å². The Hall–Kier alpha value is -2.98. The highest BCUT2D eigenvalue weighted by Gasteiger charge is 2.50. The number of pyridine rings is 1. The van der Waals surface area contributed by atoms with Crippen LogP contribution in [0.15, 0.2) is 47.5 Å². The Labute approximate surface area is 206 Å². The van der Waals surface area contributed by atoms with E-state index in [1.54, 1.807) is 29.3 Å². The SMILES string of the molecule is O=C1NC2(CO1)CN(C(=O)CSc1ccc(C(=O)N3CCN(c4ccccn4)CC3)cc1Cl)C2. The standard InChI is InChI=1S/C23H24ClN5O4S/c24-17-11-16(21(31)28-9-7-27(8-10-28)19-3-1-2-6-25-19)4-5-18(17)34-12-20(30)29-13-23(14-29)15-33-22(32)26-23/h1-6,11H,7-10,12-15H2,(H,26,32). The summed E-state index contributed by atoms with van der Waals surface area (Å²) in [7, 11) is 0. The lowest BCUT2D eigenvalue weighted by Crippen LogP contribution is -2.70. The Kier molecular flexibility index (Phi) is 6.26. The number of halogens is 1. The van der Waals surface area contributed by atoms with Crippen molar-refractivity contribution in [3.63, 3.8) is 0 Å². The van der Waals surface area contributed by atoms with Crippen molar-refractivity contribution in [2.24, 2.45) is 0 Å². The number of aromatic nitrogens is 1. The molecule has 0 aliphatic carbocycles. The van der Waals surface area contributed by atoms with Crippen LogP contribution in [0.25, 0.3) is 0 Å². The number of rotatable bonds is 5. The molecule has 3 aliphatic heterocycles. The third-order valence-electron chi connectivity index (χ3n) is 6.26. The third-order valence-corrected chi connectivity index (χ3v) is 7.74. The second-order valence-corrected chi connectivity index (χ2v) is 10.1. The fourth-order valence-corrected chi connectivity index (χ4v) is 5.53. The largest absolute Gasteiger partial charge is 0.447 e. The Balaban J connectivity index is 1.12. The molecule has 11 heteroatoms. The molecule has 3 fully saturated rings. The van der Waals surface area contributed by atoms with Gasteiger partial charge in [-0.2, -0.15) is 0 Å². The van der Waals surface area contributed by atoms with Gasteiger partial charge in [0.1, 0.15) is 18.0 Å². The van der Waals surface area contributed by atoms with Crippen LogP contribution in [0.2, 0.25) is 5.02 Å². The van der Waals surface area contributed by atoms with Crippen molar-refractivity contribution in [1.82, 2.24) is 20.1 Å². The minimum atomic E-state index is -0.432. The molecule has 34 heavy (non-hydrogen) atoms. The molecule has 1 aromatic heterocycles. The molecule has 2 aromatic rings. The van der Waals surface area contributed by atoms with E-state index in [1.807, 2.05) is 23.1 Å². The summed E-state index contributed by atoms with van der Waals surface area (Å²) in [5.74, 6) is 1.07. The van der Waals surface area contributed by atoms with Crippen LogP contribution in [-0.4, -0.2) is 89.9 Å². The second-order valence-electron chi connectivity index (χ2n) is 8.63. The van der Waals surface area contributed by atoms with Gasteiger partial charge in [-0.1, -0.05) is 17.7 Å². The zero-order valence-corrected chi connectivity index (χ0v) is 20.0. The Morgan fingerprint density at radius 2 is 1.91 bits per heavy atom. The normalized spacial score (nSPS) is 19.0. The molecule has 3 aliphatic rings. The van der Waals surface area contributed by atoms with Gasteiger partial charge in [0.05, 0.1) is 10.8 Å². The molecular weight excluding hydrogens is 478 g/mol. The zero-order chi connectivity index (χ0) is 23.7. The summed E-state index contributed by atoms with van der Waals surface area (Å²) >= 11 is 7.78. The van der Waals surface area contributed by atoms with Crippen LogP contribution in [0.1, 0.15) is 10.4 Å². The van der Waals surface area contributed by atoms with Gasteiger partial charge in [-0.05, 0) is 30.3 Å². The zero-order valence-electron chi connectivity index (χ0n) is 18.4. The van der Waals surface area contributed by atoms with Gasteiger partial charge >= 0.3 is 6.09 Å². The minimum Gasteiger partial charge on any atom is -0.447 e. The van der Waals surface area contributed by atoms with Gasteiger partial charge in [-0.3, -0.25) is 9.59 Å². The van der Waals surface area contributed by atoms with Crippen molar-refractivity contribution in [2.45, 2.75) is 10.4 Å². The molecule has 1 spiro atoms. The number of carbonyl (C=O) groups is 3. The lowest BCUT2D eigenvalue weighted by molar-refractivity contribution is -0.136. The molecule has 3 amide bonds. The minimum absolute atomic E-state index is 0.0289. The summed E-state index contributed by atoms with van der Waals surface area (Å²) < 4.78 is 4.94. The fourth-order valence-electron chi connectivity index (χ4n) is 4.37. The summed E-state index contributed by atoms with van der Waals surface area (Å²) in [6.07, 6.45) is 1.34. The number of carbonyl (C=O) groups excluding carboxylic acids is 3. The van der Waals surface area contributed by atoms with Gasteiger partial charge in [0, 0.05) is 55.9 Å². The van der Waals surface area contributed by atoms with Crippen LogP contribution >= 0.6 is 23.4 Å². The van der Waals surface area contributed by atoms with Gasteiger partial charge in [-0.25, -0.2) is 9.78 Å². The second kappa shape index (κ2) is 9.34. The third kappa shape index (κ3) is 4.65. The molecule has 5 rings (SSSR count). The van der Waals surface area contributed by atoms with Crippen molar-refractivity contribution in [3.05, 3.63) is 53.2 Å². The summed E-state index contributed by atoms with van der Waals surface area (Å²) in [6.45, 7) is 3.87. The number of anilines is 1. The van der Waals surface area contributed by atoms with E-state index >= 15 is 0 Å². The lowest BCUT2D eigenvalue weighted by Gasteiger charge is -2.45. The number of thioether (sulfide) groups is 1. The van der Waals surface area contributed by atoms with E-state index in [-0.39, 0.29) is 17.6 Å². The monoisotopic (exact) mass is 501 g/mol. The Morgan fingerprint density at radius 1 is 1.12 bits per heavy atom. The molecule has 0 saturated carbocycles. The van der Waals surface area contributed by atoms with Crippen LogP contribution < -0.4 is 10.2 Å². The van der Waals surface area contributed by atoms with E-state index in [0.29, 0.717) is 43.4 Å². The highest BCUT2D eigenvalue weighted by Crippen LogP contribution is 2.31. The van der Waals surface area contributed by atoms with Crippen LogP contribution in [-0.2, 0) is 9.53 Å². The average molecular weight is 502 g/mol. The molecule has 4 heterocycles. The highest BCUT2D eigenvalue weighted by molar-refractivity contribution is 8.00. The first-order valence-electron chi connectivity index (χ1n) is 11.0. The lowest BCUT2D eigenvalue weighted by atomic mass is 9.92. The van der Waals surface area contributed by atoms with E-state index in [4.69, 9.17) is 16.3 Å². The molecule has 1 aromatic carbocycles. The molecule has 178 valence electrons. The maximum Gasteiger partial charge on any atom is 0.407 e.